The van der Waals surface area contributed by atoms with Gasteiger partial charge in [0, 0.05) is 12.1 Å². The van der Waals surface area contributed by atoms with Crippen LogP contribution in [0.3, 0.4) is 0 Å². The summed E-state index contributed by atoms with van der Waals surface area (Å²) in [6.07, 6.45) is -0.490. The van der Waals surface area contributed by atoms with Gasteiger partial charge in [-0.25, -0.2) is 0 Å². The first-order valence-corrected chi connectivity index (χ1v) is 6.86. The Labute approximate surface area is 127 Å². The van der Waals surface area contributed by atoms with Crippen molar-refractivity contribution < 1.29 is 19.8 Å². The quantitative estimate of drug-likeness (QED) is 0.644. The minimum atomic E-state index is -1.02. The number of carboxylic acids is 2. The van der Waals surface area contributed by atoms with Gasteiger partial charge < -0.3 is 21.7 Å². The van der Waals surface area contributed by atoms with E-state index in [1.54, 1.807) is 12.1 Å². The Morgan fingerprint density at radius 2 is 1.23 bits per heavy atom. The van der Waals surface area contributed by atoms with Crippen molar-refractivity contribution in [3.8, 4) is 0 Å². The van der Waals surface area contributed by atoms with E-state index in [4.69, 9.17) is 21.7 Å². The van der Waals surface area contributed by atoms with Gasteiger partial charge in [-0.15, -0.1) is 0 Å². The number of fused-ring (bicyclic) bond motifs is 1. The van der Waals surface area contributed by atoms with Crippen LogP contribution in [0.15, 0.2) is 36.4 Å². The topological polar surface area (TPSA) is 127 Å². The third-order valence-corrected chi connectivity index (χ3v) is 3.54. The SMILES string of the molecule is NC(CC(=O)O)c1cc2ccccc2cc1C(N)CC(=O)O. The van der Waals surface area contributed by atoms with Gasteiger partial charge in [-0.1, -0.05) is 24.3 Å². The van der Waals surface area contributed by atoms with Crippen LogP contribution in [-0.4, -0.2) is 22.2 Å². The number of rotatable bonds is 6. The van der Waals surface area contributed by atoms with E-state index in [1.165, 1.54) is 0 Å². The first-order chi connectivity index (χ1) is 10.4. The lowest BCUT2D eigenvalue weighted by molar-refractivity contribution is -0.138. The monoisotopic (exact) mass is 302 g/mol. The van der Waals surface area contributed by atoms with Crippen LogP contribution in [0.25, 0.3) is 10.8 Å². The fourth-order valence-corrected chi connectivity index (χ4v) is 2.51. The van der Waals surface area contributed by atoms with Crippen molar-refractivity contribution >= 4 is 22.7 Å². The molecule has 6 N–H and O–H groups in total. The maximum atomic E-state index is 10.9. The third kappa shape index (κ3) is 3.60. The summed E-state index contributed by atoms with van der Waals surface area (Å²) in [5.41, 5.74) is 13.1. The molecular formula is C16H18N2O4. The van der Waals surface area contributed by atoms with Crippen LogP contribution in [-0.2, 0) is 9.59 Å². The Kier molecular flexibility index (Phi) is 4.75. The highest BCUT2D eigenvalue weighted by Crippen LogP contribution is 2.30. The highest BCUT2D eigenvalue weighted by molar-refractivity contribution is 5.85. The number of nitrogens with two attached hydrogens (primary N) is 2. The predicted molar refractivity (Wildman–Crippen MR) is 82.3 cm³/mol. The number of hydrogen-bond acceptors (Lipinski definition) is 4. The van der Waals surface area contributed by atoms with E-state index >= 15 is 0 Å². The van der Waals surface area contributed by atoms with Crippen LogP contribution < -0.4 is 11.5 Å². The molecule has 6 heteroatoms. The van der Waals surface area contributed by atoms with Gasteiger partial charge in [-0.2, -0.15) is 0 Å². The molecule has 22 heavy (non-hydrogen) atoms. The van der Waals surface area contributed by atoms with E-state index in [-0.39, 0.29) is 12.8 Å². The van der Waals surface area contributed by atoms with Crippen LogP contribution in [0.4, 0.5) is 0 Å². The summed E-state index contributed by atoms with van der Waals surface area (Å²) in [4.78, 5) is 21.8. The Bertz CT molecular complexity index is 654. The molecule has 0 spiro atoms. The molecule has 0 saturated heterocycles. The van der Waals surface area contributed by atoms with E-state index in [0.29, 0.717) is 11.1 Å². The van der Waals surface area contributed by atoms with Gasteiger partial charge in [-0.05, 0) is 34.0 Å². The van der Waals surface area contributed by atoms with Crippen LogP contribution in [0.1, 0.15) is 36.1 Å². The van der Waals surface area contributed by atoms with E-state index in [2.05, 4.69) is 0 Å². The summed E-state index contributed by atoms with van der Waals surface area (Å²) >= 11 is 0. The first kappa shape index (κ1) is 15.9. The zero-order valence-corrected chi connectivity index (χ0v) is 11.9. The summed E-state index contributed by atoms with van der Waals surface area (Å²) in [5, 5.41) is 19.7. The molecule has 116 valence electrons. The maximum Gasteiger partial charge on any atom is 0.305 e. The van der Waals surface area contributed by atoms with Crippen molar-refractivity contribution in [1.82, 2.24) is 0 Å². The molecule has 0 aromatic heterocycles. The molecule has 0 aliphatic carbocycles. The first-order valence-electron chi connectivity index (χ1n) is 6.86. The lowest BCUT2D eigenvalue weighted by Crippen LogP contribution is -2.22. The molecule has 0 bridgehead atoms. The zero-order valence-electron chi connectivity index (χ0n) is 11.9. The van der Waals surface area contributed by atoms with E-state index in [1.807, 2.05) is 24.3 Å². The summed E-state index contributed by atoms with van der Waals surface area (Å²) in [5.74, 6) is -2.03. The van der Waals surface area contributed by atoms with Crippen molar-refractivity contribution in [1.29, 1.82) is 0 Å². The molecule has 0 radical (unpaired) electrons. The molecule has 2 unspecified atom stereocenters. The number of aliphatic carboxylic acids is 2. The third-order valence-electron chi connectivity index (χ3n) is 3.54. The average Bonchev–Trinajstić information content (AvgIpc) is 2.44. The molecule has 0 aliphatic heterocycles. The average molecular weight is 302 g/mol. The maximum absolute atomic E-state index is 10.9. The fraction of sp³-hybridized carbons (Fsp3) is 0.250. The molecule has 0 saturated carbocycles. The summed E-state index contributed by atoms with van der Waals surface area (Å²) in [6.45, 7) is 0. The van der Waals surface area contributed by atoms with Crippen molar-refractivity contribution in [2.75, 3.05) is 0 Å². The Hall–Kier alpha value is -2.44. The number of hydrogen-bond donors (Lipinski definition) is 4. The smallest absolute Gasteiger partial charge is 0.305 e. The number of carboxylic acid groups (broad SMARTS) is 2. The van der Waals surface area contributed by atoms with Crippen LogP contribution in [0, 0.1) is 0 Å². The van der Waals surface area contributed by atoms with Gasteiger partial charge in [0.2, 0.25) is 0 Å². The number of benzene rings is 2. The van der Waals surface area contributed by atoms with Crippen LogP contribution in [0.5, 0.6) is 0 Å². The highest BCUT2D eigenvalue weighted by atomic mass is 16.4. The zero-order chi connectivity index (χ0) is 16.3. The van der Waals surface area contributed by atoms with Crippen LogP contribution >= 0.6 is 0 Å². The molecule has 6 nitrogen and oxygen atoms in total. The summed E-state index contributed by atoms with van der Waals surface area (Å²) in [7, 11) is 0. The van der Waals surface area contributed by atoms with Crippen molar-refractivity contribution in [2.45, 2.75) is 24.9 Å². The second-order valence-corrected chi connectivity index (χ2v) is 5.24. The lowest BCUT2D eigenvalue weighted by Gasteiger charge is -2.20. The molecule has 0 heterocycles. The molecule has 2 rings (SSSR count). The standard InChI is InChI=1S/C16H18N2O4/c17-13(7-15(19)20)11-5-9-3-1-2-4-10(9)6-12(11)14(18)8-16(21)22/h1-6,13-14H,7-8,17-18H2,(H,19,20)(H,21,22). The van der Waals surface area contributed by atoms with Gasteiger partial charge in [0.25, 0.3) is 0 Å². The van der Waals surface area contributed by atoms with E-state index < -0.39 is 24.0 Å². The Morgan fingerprint density at radius 1 is 0.864 bits per heavy atom. The second kappa shape index (κ2) is 6.55. The minimum absolute atomic E-state index is 0.245. The largest absolute Gasteiger partial charge is 0.481 e. The minimum Gasteiger partial charge on any atom is -0.481 e. The molecule has 2 aromatic rings. The van der Waals surface area contributed by atoms with Gasteiger partial charge in [0.05, 0.1) is 12.8 Å². The Balaban J connectivity index is 2.53. The molecule has 0 aliphatic rings. The van der Waals surface area contributed by atoms with E-state index in [9.17, 15) is 9.59 Å². The molecular weight excluding hydrogens is 284 g/mol. The van der Waals surface area contributed by atoms with Gasteiger partial charge >= 0.3 is 11.9 Å². The second-order valence-electron chi connectivity index (χ2n) is 5.24. The molecule has 0 fully saturated rings. The highest BCUT2D eigenvalue weighted by Gasteiger charge is 2.20. The molecule has 0 amide bonds. The summed E-state index contributed by atoms with van der Waals surface area (Å²) < 4.78 is 0. The van der Waals surface area contributed by atoms with Gasteiger partial charge in [-0.3, -0.25) is 9.59 Å². The Morgan fingerprint density at radius 3 is 1.55 bits per heavy atom. The van der Waals surface area contributed by atoms with Crippen molar-refractivity contribution in [2.24, 2.45) is 11.5 Å². The number of carbonyl (C=O) groups is 2. The fourth-order valence-electron chi connectivity index (χ4n) is 2.51. The predicted octanol–water partition coefficient (Wildman–Crippen LogP) is 1.79. The lowest BCUT2D eigenvalue weighted by atomic mass is 9.90. The van der Waals surface area contributed by atoms with Gasteiger partial charge in [0.1, 0.15) is 0 Å². The molecule has 2 aromatic carbocycles. The van der Waals surface area contributed by atoms with Crippen LogP contribution in [0.2, 0.25) is 0 Å². The summed E-state index contributed by atoms with van der Waals surface area (Å²) in [6, 6.07) is 9.61. The van der Waals surface area contributed by atoms with Crippen molar-refractivity contribution in [3.63, 3.8) is 0 Å². The normalized spacial score (nSPS) is 13.7. The van der Waals surface area contributed by atoms with Crippen molar-refractivity contribution in [3.05, 3.63) is 47.5 Å². The van der Waals surface area contributed by atoms with Gasteiger partial charge in [0.15, 0.2) is 0 Å². The molecule has 2 atom stereocenters. The van der Waals surface area contributed by atoms with E-state index in [0.717, 1.165) is 10.8 Å².